The Morgan fingerprint density at radius 1 is 1.38 bits per heavy atom. The minimum Gasteiger partial charge on any atom is -0.350 e. The second kappa shape index (κ2) is 5.97. The highest BCUT2D eigenvalue weighted by Gasteiger charge is 2.08. The average Bonchev–Trinajstić information content (AvgIpc) is 3.16. The molecule has 21 heavy (non-hydrogen) atoms. The molecule has 0 aliphatic heterocycles. The van der Waals surface area contributed by atoms with Crippen molar-refractivity contribution in [2.75, 3.05) is 0 Å². The van der Waals surface area contributed by atoms with Crippen molar-refractivity contribution in [2.24, 2.45) is 0 Å². The predicted molar refractivity (Wildman–Crippen MR) is 82.5 cm³/mol. The lowest BCUT2D eigenvalue weighted by Crippen LogP contribution is -2.27. The Kier molecular flexibility index (Phi) is 3.87. The highest BCUT2D eigenvalue weighted by molar-refractivity contribution is 7.12. The van der Waals surface area contributed by atoms with E-state index in [0.29, 0.717) is 6.54 Å². The van der Waals surface area contributed by atoms with Gasteiger partial charge in [-0.1, -0.05) is 0 Å². The molecule has 0 aliphatic rings. The Balaban J connectivity index is 1.61. The summed E-state index contributed by atoms with van der Waals surface area (Å²) in [5.74, 6) is -0.0391. The SMILES string of the molecule is Cc1cnn(CC(=O)NCc2ccsc2-n2cccc2)c1. The molecule has 0 unspecified atom stereocenters. The smallest absolute Gasteiger partial charge is 0.241 e. The normalized spacial score (nSPS) is 10.7. The maximum absolute atomic E-state index is 11.9. The second-order valence-corrected chi connectivity index (χ2v) is 5.73. The summed E-state index contributed by atoms with van der Waals surface area (Å²) in [5.41, 5.74) is 2.16. The fraction of sp³-hybridized carbons (Fsp3) is 0.200. The van der Waals surface area contributed by atoms with Gasteiger partial charge >= 0.3 is 0 Å². The molecule has 3 heterocycles. The standard InChI is InChI=1S/C15H16N4OS/c1-12-8-17-19(10-12)11-14(20)16-9-13-4-7-21-15(13)18-5-2-3-6-18/h2-8,10H,9,11H2,1H3,(H,16,20). The highest BCUT2D eigenvalue weighted by atomic mass is 32.1. The topological polar surface area (TPSA) is 51.9 Å². The summed E-state index contributed by atoms with van der Waals surface area (Å²) in [6.45, 7) is 2.73. The van der Waals surface area contributed by atoms with Crippen LogP contribution < -0.4 is 5.32 Å². The molecular weight excluding hydrogens is 284 g/mol. The van der Waals surface area contributed by atoms with Crippen LogP contribution >= 0.6 is 11.3 Å². The van der Waals surface area contributed by atoms with Gasteiger partial charge in [-0.3, -0.25) is 9.48 Å². The van der Waals surface area contributed by atoms with Crippen LogP contribution in [0, 0.1) is 6.92 Å². The molecular formula is C15H16N4OS. The van der Waals surface area contributed by atoms with Crippen LogP contribution in [0.5, 0.6) is 0 Å². The maximum atomic E-state index is 11.9. The molecule has 6 heteroatoms. The number of nitrogens with zero attached hydrogens (tertiary/aromatic N) is 3. The molecule has 108 valence electrons. The van der Waals surface area contributed by atoms with Crippen LogP contribution in [0.1, 0.15) is 11.1 Å². The molecule has 0 saturated carbocycles. The van der Waals surface area contributed by atoms with Gasteiger partial charge in [-0.25, -0.2) is 0 Å². The number of hydrogen-bond donors (Lipinski definition) is 1. The summed E-state index contributed by atoms with van der Waals surface area (Å²) in [5, 5.41) is 10.2. The zero-order chi connectivity index (χ0) is 14.7. The third-order valence-corrected chi connectivity index (χ3v) is 4.07. The summed E-state index contributed by atoms with van der Waals surface area (Å²) < 4.78 is 3.70. The number of rotatable bonds is 5. The summed E-state index contributed by atoms with van der Waals surface area (Å²) in [6.07, 6.45) is 7.61. The van der Waals surface area contributed by atoms with Gasteiger partial charge < -0.3 is 9.88 Å². The number of aromatic nitrogens is 3. The molecule has 0 saturated heterocycles. The first-order valence-corrected chi connectivity index (χ1v) is 7.56. The maximum Gasteiger partial charge on any atom is 0.241 e. The third kappa shape index (κ3) is 3.22. The molecule has 0 radical (unpaired) electrons. The number of hydrogen-bond acceptors (Lipinski definition) is 3. The van der Waals surface area contributed by atoms with E-state index in [-0.39, 0.29) is 12.5 Å². The van der Waals surface area contributed by atoms with Crippen molar-refractivity contribution in [2.45, 2.75) is 20.0 Å². The third-order valence-electron chi connectivity index (χ3n) is 3.11. The molecule has 0 fully saturated rings. The number of aryl methyl sites for hydroxylation is 1. The fourth-order valence-corrected chi connectivity index (χ4v) is 3.01. The van der Waals surface area contributed by atoms with Crippen LogP contribution in [0.4, 0.5) is 0 Å². The quantitative estimate of drug-likeness (QED) is 0.786. The molecule has 3 aromatic rings. The molecule has 3 aromatic heterocycles. The van der Waals surface area contributed by atoms with Crippen molar-refractivity contribution in [3.63, 3.8) is 0 Å². The van der Waals surface area contributed by atoms with E-state index in [1.54, 1.807) is 22.2 Å². The van der Waals surface area contributed by atoms with Crippen molar-refractivity contribution in [3.05, 3.63) is 59.5 Å². The van der Waals surface area contributed by atoms with Gasteiger partial charge in [-0.2, -0.15) is 5.10 Å². The molecule has 0 spiro atoms. The van der Waals surface area contributed by atoms with E-state index in [9.17, 15) is 4.79 Å². The molecule has 3 rings (SSSR count). The Hall–Kier alpha value is -2.34. The van der Waals surface area contributed by atoms with Crippen LogP contribution in [-0.2, 0) is 17.9 Å². The molecule has 0 bridgehead atoms. The van der Waals surface area contributed by atoms with Crippen LogP contribution in [0.25, 0.3) is 5.00 Å². The summed E-state index contributed by atoms with van der Waals surface area (Å²) in [6, 6.07) is 6.02. The molecule has 1 N–H and O–H groups in total. The monoisotopic (exact) mass is 300 g/mol. The van der Waals surface area contributed by atoms with Gasteiger partial charge in [-0.15, -0.1) is 11.3 Å². The molecule has 0 atom stereocenters. The van der Waals surface area contributed by atoms with E-state index in [1.807, 2.05) is 49.1 Å². The van der Waals surface area contributed by atoms with E-state index in [2.05, 4.69) is 15.0 Å². The minimum atomic E-state index is -0.0391. The van der Waals surface area contributed by atoms with Crippen LogP contribution in [0.2, 0.25) is 0 Å². The Morgan fingerprint density at radius 3 is 2.90 bits per heavy atom. The largest absolute Gasteiger partial charge is 0.350 e. The molecule has 0 aliphatic carbocycles. The molecule has 1 amide bonds. The number of nitrogens with one attached hydrogen (secondary N) is 1. The van der Waals surface area contributed by atoms with Gasteiger partial charge in [0.15, 0.2) is 0 Å². The van der Waals surface area contributed by atoms with Gasteiger partial charge in [0.2, 0.25) is 5.91 Å². The highest BCUT2D eigenvalue weighted by Crippen LogP contribution is 2.21. The number of carbonyl (C=O) groups is 1. The van der Waals surface area contributed by atoms with Crippen molar-refractivity contribution in [1.29, 1.82) is 0 Å². The first-order valence-electron chi connectivity index (χ1n) is 6.68. The van der Waals surface area contributed by atoms with Gasteiger partial charge in [0.05, 0.1) is 6.20 Å². The van der Waals surface area contributed by atoms with Crippen molar-refractivity contribution >= 4 is 17.2 Å². The first-order chi connectivity index (χ1) is 10.2. The number of amides is 1. The van der Waals surface area contributed by atoms with Crippen LogP contribution in [0.15, 0.2) is 48.4 Å². The summed E-state index contributed by atoms with van der Waals surface area (Å²) in [4.78, 5) is 11.9. The van der Waals surface area contributed by atoms with Gasteiger partial charge in [-0.05, 0) is 36.1 Å². The van der Waals surface area contributed by atoms with Gasteiger partial charge in [0.1, 0.15) is 11.5 Å². The first kappa shape index (κ1) is 13.6. The summed E-state index contributed by atoms with van der Waals surface area (Å²) >= 11 is 1.66. The van der Waals surface area contributed by atoms with E-state index < -0.39 is 0 Å². The second-order valence-electron chi connectivity index (χ2n) is 4.83. The van der Waals surface area contributed by atoms with Crippen LogP contribution in [0.3, 0.4) is 0 Å². The van der Waals surface area contributed by atoms with Gasteiger partial charge in [0, 0.05) is 30.7 Å². The van der Waals surface area contributed by atoms with E-state index in [0.717, 1.165) is 16.1 Å². The Morgan fingerprint density at radius 2 is 2.19 bits per heavy atom. The zero-order valence-corrected chi connectivity index (χ0v) is 12.5. The van der Waals surface area contributed by atoms with E-state index >= 15 is 0 Å². The fourth-order valence-electron chi connectivity index (χ4n) is 2.11. The Bertz CT molecular complexity index is 727. The van der Waals surface area contributed by atoms with Crippen molar-refractivity contribution in [3.8, 4) is 5.00 Å². The Labute approximate surface area is 126 Å². The molecule has 5 nitrogen and oxygen atoms in total. The predicted octanol–water partition coefficient (Wildman–Crippen LogP) is 2.36. The van der Waals surface area contributed by atoms with Crippen molar-refractivity contribution in [1.82, 2.24) is 19.7 Å². The minimum absolute atomic E-state index is 0.0391. The lowest BCUT2D eigenvalue weighted by molar-refractivity contribution is -0.122. The lowest BCUT2D eigenvalue weighted by atomic mass is 10.3. The van der Waals surface area contributed by atoms with E-state index in [1.165, 1.54) is 0 Å². The van der Waals surface area contributed by atoms with Crippen molar-refractivity contribution < 1.29 is 4.79 Å². The zero-order valence-electron chi connectivity index (χ0n) is 11.7. The summed E-state index contributed by atoms with van der Waals surface area (Å²) in [7, 11) is 0. The van der Waals surface area contributed by atoms with Gasteiger partial charge in [0.25, 0.3) is 0 Å². The average molecular weight is 300 g/mol. The lowest BCUT2D eigenvalue weighted by Gasteiger charge is -2.07. The number of thiophene rings is 1. The molecule has 0 aromatic carbocycles. The number of carbonyl (C=O) groups excluding carboxylic acids is 1. The van der Waals surface area contributed by atoms with E-state index in [4.69, 9.17) is 0 Å². The van der Waals surface area contributed by atoms with Crippen LogP contribution in [-0.4, -0.2) is 20.3 Å².